The second-order valence-corrected chi connectivity index (χ2v) is 5.59. The molecular weight excluding hydrogens is 302 g/mol. The standard InChI is InChI=1S/C16H16BrNO/c1-10-4-7-14(15(17)8-10)16(19)18-13-6-5-11(2)12(3)9-13/h4-9H,1-3H3,(H,18,19). The lowest BCUT2D eigenvalue weighted by atomic mass is 10.1. The van der Waals surface area contributed by atoms with E-state index in [9.17, 15) is 4.79 Å². The first kappa shape index (κ1) is 13.8. The van der Waals surface area contributed by atoms with E-state index in [-0.39, 0.29) is 5.91 Å². The van der Waals surface area contributed by atoms with Gasteiger partial charge in [0.1, 0.15) is 0 Å². The molecule has 0 aliphatic carbocycles. The number of hydrogen-bond donors (Lipinski definition) is 1. The van der Waals surface area contributed by atoms with Crippen molar-refractivity contribution < 1.29 is 4.79 Å². The van der Waals surface area contributed by atoms with Crippen LogP contribution in [0, 0.1) is 20.8 Å². The van der Waals surface area contributed by atoms with Gasteiger partial charge in [0.2, 0.25) is 0 Å². The molecule has 1 amide bonds. The molecule has 0 atom stereocenters. The minimum Gasteiger partial charge on any atom is -0.322 e. The molecule has 0 spiro atoms. The zero-order chi connectivity index (χ0) is 14.0. The van der Waals surface area contributed by atoms with Gasteiger partial charge >= 0.3 is 0 Å². The second-order valence-electron chi connectivity index (χ2n) is 4.74. The van der Waals surface area contributed by atoms with Gasteiger partial charge in [-0.1, -0.05) is 12.1 Å². The molecule has 0 heterocycles. The Labute approximate surface area is 122 Å². The number of rotatable bonds is 2. The van der Waals surface area contributed by atoms with E-state index in [0.717, 1.165) is 15.7 Å². The first-order valence-electron chi connectivity index (χ1n) is 6.12. The summed E-state index contributed by atoms with van der Waals surface area (Å²) in [6.07, 6.45) is 0. The minimum atomic E-state index is -0.102. The monoisotopic (exact) mass is 317 g/mol. The van der Waals surface area contributed by atoms with Gasteiger partial charge in [-0.3, -0.25) is 4.79 Å². The zero-order valence-corrected chi connectivity index (χ0v) is 12.8. The van der Waals surface area contributed by atoms with Gasteiger partial charge in [-0.15, -0.1) is 0 Å². The average molecular weight is 318 g/mol. The molecular formula is C16H16BrNO. The van der Waals surface area contributed by atoms with Crippen molar-refractivity contribution in [3.63, 3.8) is 0 Å². The number of nitrogens with one attached hydrogen (secondary N) is 1. The van der Waals surface area contributed by atoms with E-state index < -0.39 is 0 Å². The van der Waals surface area contributed by atoms with Crippen molar-refractivity contribution in [2.75, 3.05) is 5.32 Å². The van der Waals surface area contributed by atoms with Crippen LogP contribution in [0.5, 0.6) is 0 Å². The molecule has 0 aliphatic rings. The third-order valence-corrected chi connectivity index (χ3v) is 3.79. The van der Waals surface area contributed by atoms with Crippen LogP contribution >= 0.6 is 15.9 Å². The molecule has 2 aromatic carbocycles. The van der Waals surface area contributed by atoms with Crippen LogP contribution < -0.4 is 5.32 Å². The smallest absolute Gasteiger partial charge is 0.256 e. The number of benzene rings is 2. The van der Waals surface area contributed by atoms with Gasteiger partial charge in [0, 0.05) is 10.2 Å². The molecule has 3 heteroatoms. The molecule has 0 bridgehead atoms. The summed E-state index contributed by atoms with van der Waals surface area (Å²) in [5.41, 5.74) is 4.97. The summed E-state index contributed by atoms with van der Waals surface area (Å²) in [6.45, 7) is 6.08. The Kier molecular flexibility index (Phi) is 4.05. The van der Waals surface area contributed by atoms with Gasteiger partial charge in [0.05, 0.1) is 5.56 Å². The van der Waals surface area contributed by atoms with Crippen LogP contribution in [0.3, 0.4) is 0 Å². The number of aryl methyl sites for hydroxylation is 3. The molecule has 0 aromatic heterocycles. The maximum atomic E-state index is 12.2. The lowest BCUT2D eigenvalue weighted by Crippen LogP contribution is -2.12. The average Bonchev–Trinajstić information content (AvgIpc) is 2.33. The Hall–Kier alpha value is -1.61. The van der Waals surface area contributed by atoms with Gasteiger partial charge in [-0.25, -0.2) is 0 Å². The van der Waals surface area contributed by atoms with E-state index in [0.29, 0.717) is 5.56 Å². The van der Waals surface area contributed by atoms with Crippen LogP contribution in [0.2, 0.25) is 0 Å². The number of halogens is 1. The Morgan fingerprint density at radius 2 is 1.74 bits per heavy atom. The van der Waals surface area contributed by atoms with Gasteiger partial charge in [-0.2, -0.15) is 0 Å². The first-order chi connectivity index (χ1) is 8.97. The SMILES string of the molecule is Cc1ccc(C(=O)Nc2ccc(C)c(C)c2)c(Br)c1. The molecule has 0 saturated heterocycles. The molecule has 0 aliphatic heterocycles. The Balaban J connectivity index is 2.23. The van der Waals surface area contributed by atoms with Crippen molar-refractivity contribution >= 4 is 27.5 Å². The van der Waals surface area contributed by atoms with Gasteiger partial charge < -0.3 is 5.32 Å². The van der Waals surface area contributed by atoms with E-state index in [2.05, 4.69) is 28.2 Å². The van der Waals surface area contributed by atoms with E-state index in [4.69, 9.17) is 0 Å². The highest BCUT2D eigenvalue weighted by Gasteiger charge is 2.10. The molecule has 0 unspecified atom stereocenters. The van der Waals surface area contributed by atoms with Gasteiger partial charge in [0.25, 0.3) is 5.91 Å². The lowest BCUT2D eigenvalue weighted by molar-refractivity contribution is 0.102. The molecule has 98 valence electrons. The summed E-state index contributed by atoms with van der Waals surface area (Å²) in [6, 6.07) is 11.6. The predicted molar refractivity (Wildman–Crippen MR) is 82.7 cm³/mol. The Bertz CT molecular complexity index is 635. The van der Waals surface area contributed by atoms with Crippen molar-refractivity contribution in [2.24, 2.45) is 0 Å². The molecule has 1 N–H and O–H groups in total. The summed E-state index contributed by atoms with van der Waals surface area (Å²) in [4.78, 5) is 12.2. The van der Waals surface area contributed by atoms with E-state index in [1.54, 1.807) is 0 Å². The molecule has 0 radical (unpaired) electrons. The van der Waals surface area contributed by atoms with Crippen LogP contribution in [0.4, 0.5) is 5.69 Å². The molecule has 2 aromatic rings. The van der Waals surface area contributed by atoms with E-state index in [1.165, 1.54) is 11.1 Å². The largest absolute Gasteiger partial charge is 0.322 e. The van der Waals surface area contributed by atoms with Crippen molar-refractivity contribution in [1.29, 1.82) is 0 Å². The van der Waals surface area contributed by atoms with Crippen LogP contribution in [-0.2, 0) is 0 Å². The summed E-state index contributed by atoms with van der Waals surface area (Å²) >= 11 is 3.43. The minimum absolute atomic E-state index is 0.102. The molecule has 2 nitrogen and oxygen atoms in total. The second kappa shape index (κ2) is 5.57. The summed E-state index contributed by atoms with van der Waals surface area (Å²) in [7, 11) is 0. The third kappa shape index (κ3) is 3.24. The van der Waals surface area contributed by atoms with Crippen molar-refractivity contribution in [3.05, 3.63) is 63.1 Å². The topological polar surface area (TPSA) is 29.1 Å². The summed E-state index contributed by atoms with van der Waals surface area (Å²) in [5.74, 6) is -0.102. The van der Waals surface area contributed by atoms with Crippen LogP contribution in [0.15, 0.2) is 40.9 Å². The quantitative estimate of drug-likeness (QED) is 0.859. The first-order valence-corrected chi connectivity index (χ1v) is 6.91. The third-order valence-electron chi connectivity index (χ3n) is 3.13. The van der Waals surface area contributed by atoms with Gasteiger partial charge in [-0.05, 0) is 77.7 Å². The number of carbonyl (C=O) groups is 1. The highest BCUT2D eigenvalue weighted by molar-refractivity contribution is 9.10. The molecule has 19 heavy (non-hydrogen) atoms. The van der Waals surface area contributed by atoms with Crippen LogP contribution in [-0.4, -0.2) is 5.91 Å². The van der Waals surface area contributed by atoms with Gasteiger partial charge in [0.15, 0.2) is 0 Å². The van der Waals surface area contributed by atoms with Crippen molar-refractivity contribution in [3.8, 4) is 0 Å². The Morgan fingerprint density at radius 1 is 1.00 bits per heavy atom. The normalized spacial score (nSPS) is 10.3. The number of amides is 1. The fourth-order valence-corrected chi connectivity index (χ4v) is 2.50. The van der Waals surface area contributed by atoms with Crippen molar-refractivity contribution in [2.45, 2.75) is 20.8 Å². The van der Waals surface area contributed by atoms with Crippen LogP contribution in [0.1, 0.15) is 27.0 Å². The fourth-order valence-electron chi connectivity index (χ4n) is 1.82. The number of carbonyl (C=O) groups excluding carboxylic acids is 1. The van der Waals surface area contributed by atoms with Crippen LogP contribution in [0.25, 0.3) is 0 Å². The summed E-state index contributed by atoms with van der Waals surface area (Å²) < 4.78 is 0.814. The Morgan fingerprint density at radius 3 is 2.37 bits per heavy atom. The molecule has 0 fully saturated rings. The molecule has 2 rings (SSSR count). The number of anilines is 1. The maximum Gasteiger partial charge on any atom is 0.256 e. The lowest BCUT2D eigenvalue weighted by Gasteiger charge is -2.09. The number of hydrogen-bond acceptors (Lipinski definition) is 1. The summed E-state index contributed by atoms with van der Waals surface area (Å²) in [5, 5.41) is 2.92. The maximum absolute atomic E-state index is 12.2. The zero-order valence-electron chi connectivity index (χ0n) is 11.3. The molecule has 0 saturated carbocycles. The fraction of sp³-hybridized carbons (Fsp3) is 0.188. The van der Waals surface area contributed by atoms with E-state index >= 15 is 0 Å². The highest BCUT2D eigenvalue weighted by Crippen LogP contribution is 2.21. The predicted octanol–water partition coefficient (Wildman–Crippen LogP) is 4.63. The van der Waals surface area contributed by atoms with Crippen molar-refractivity contribution in [1.82, 2.24) is 0 Å². The highest BCUT2D eigenvalue weighted by atomic mass is 79.9. The van der Waals surface area contributed by atoms with E-state index in [1.807, 2.05) is 50.2 Å².